The number of nitrogens with two attached hydrogens (primary N) is 2. The second-order valence-electron chi connectivity index (χ2n) is 13.9. The van der Waals surface area contributed by atoms with Crippen LogP contribution < -0.4 is 16.8 Å². The quantitative estimate of drug-likeness (QED) is 0.0839. The highest BCUT2D eigenvalue weighted by Gasteiger charge is 2.18. The summed E-state index contributed by atoms with van der Waals surface area (Å²) in [6, 6.07) is 24.2. The monoisotopic (exact) mass is 797 g/mol. The Kier molecular flexibility index (Phi) is 16.7. The molecule has 0 spiro atoms. The number of nitrogens with zero attached hydrogens (tertiary/aromatic N) is 6. The minimum Gasteiger partial charge on any atom is -0.380 e. The third-order valence-corrected chi connectivity index (χ3v) is 9.64. The number of rotatable bonds is 18. The Bertz CT molecular complexity index is 2060. The smallest absolute Gasteiger partial charge is 0.234 e. The first-order chi connectivity index (χ1) is 27.0. The van der Waals surface area contributed by atoms with Gasteiger partial charge in [0.15, 0.2) is 11.3 Å². The van der Waals surface area contributed by atoms with Gasteiger partial charge in [0.05, 0.1) is 37.2 Å². The maximum atomic E-state index is 11.4. The van der Waals surface area contributed by atoms with Crippen molar-refractivity contribution in [3.8, 4) is 22.5 Å². The second-order valence-corrected chi connectivity index (χ2v) is 13.9. The number of aryl methyl sites for hydroxylation is 3. The summed E-state index contributed by atoms with van der Waals surface area (Å²) in [4.78, 5) is 41.9. The molecule has 6 aromatic rings. The SMILES string of the molecule is CCOCCn1c(CC[C@@H](C)C(N)=O)nc2ccc(-c3ccc(C)cc3)nc21.CCOCCn1c(CN[C@@H](C)C(N)=O)nc2ccc(-c3ccc(C)cc3)nc21.Cl. The molecule has 2 atom stereocenters. The van der Waals surface area contributed by atoms with Crippen molar-refractivity contribution in [2.45, 2.75) is 80.1 Å². The van der Waals surface area contributed by atoms with E-state index >= 15 is 0 Å². The number of nitrogens with one attached hydrogen (secondary N) is 1. The minimum absolute atomic E-state index is 0. The van der Waals surface area contributed by atoms with Gasteiger partial charge < -0.3 is 30.1 Å². The predicted molar refractivity (Wildman–Crippen MR) is 228 cm³/mol. The number of carbonyl (C=O) groups excluding carboxylic acids is 2. The van der Waals surface area contributed by atoms with Gasteiger partial charge in [0, 0.05) is 49.8 Å². The number of ether oxygens (including phenoxy) is 2. The maximum Gasteiger partial charge on any atom is 0.234 e. The van der Waals surface area contributed by atoms with Crippen molar-refractivity contribution in [3.63, 3.8) is 0 Å². The molecule has 0 aliphatic heterocycles. The van der Waals surface area contributed by atoms with Gasteiger partial charge in [-0.05, 0) is 65.3 Å². The van der Waals surface area contributed by atoms with Gasteiger partial charge >= 0.3 is 0 Å². The summed E-state index contributed by atoms with van der Waals surface area (Å²) in [5.74, 6) is 0.859. The highest BCUT2D eigenvalue weighted by molar-refractivity contribution is 5.85. The lowest BCUT2D eigenvalue weighted by molar-refractivity contribution is -0.121. The number of carbonyl (C=O) groups is 2. The van der Waals surface area contributed by atoms with Gasteiger partial charge in [0.1, 0.15) is 22.7 Å². The molecule has 57 heavy (non-hydrogen) atoms. The number of pyridine rings is 2. The van der Waals surface area contributed by atoms with Crippen LogP contribution in [-0.4, -0.2) is 73.4 Å². The summed E-state index contributed by atoms with van der Waals surface area (Å²) in [6.45, 7) is 15.9. The molecular formula is C43H56ClN9O4. The van der Waals surface area contributed by atoms with Crippen LogP contribution in [0.4, 0.5) is 0 Å². The number of imidazole rings is 2. The van der Waals surface area contributed by atoms with Crippen LogP contribution in [0.5, 0.6) is 0 Å². The van der Waals surface area contributed by atoms with E-state index in [0.717, 1.165) is 56.5 Å². The van der Waals surface area contributed by atoms with Crippen LogP contribution >= 0.6 is 12.4 Å². The van der Waals surface area contributed by atoms with E-state index in [9.17, 15) is 9.59 Å². The Labute approximate surface area is 341 Å². The van der Waals surface area contributed by atoms with Gasteiger partial charge in [0.2, 0.25) is 11.8 Å². The van der Waals surface area contributed by atoms with Crippen LogP contribution in [0.3, 0.4) is 0 Å². The third kappa shape index (κ3) is 11.9. The number of benzene rings is 2. The van der Waals surface area contributed by atoms with Crippen LogP contribution in [0.2, 0.25) is 0 Å². The van der Waals surface area contributed by atoms with Crippen LogP contribution in [0.1, 0.15) is 56.9 Å². The molecule has 0 saturated carbocycles. The van der Waals surface area contributed by atoms with Crippen molar-refractivity contribution in [2.24, 2.45) is 17.4 Å². The molecule has 4 heterocycles. The van der Waals surface area contributed by atoms with Crippen LogP contribution in [0.25, 0.3) is 44.8 Å². The fourth-order valence-corrected chi connectivity index (χ4v) is 6.10. The van der Waals surface area contributed by atoms with E-state index in [2.05, 4.69) is 72.3 Å². The Balaban J connectivity index is 0.000000248. The average molecular weight is 798 g/mol. The maximum absolute atomic E-state index is 11.4. The van der Waals surface area contributed by atoms with Crippen LogP contribution in [0, 0.1) is 19.8 Å². The molecule has 14 heteroatoms. The van der Waals surface area contributed by atoms with Crippen molar-refractivity contribution >= 4 is 46.5 Å². The molecule has 5 N–H and O–H groups in total. The number of hydrogen-bond acceptors (Lipinski definition) is 9. The molecule has 0 saturated heterocycles. The highest BCUT2D eigenvalue weighted by Crippen LogP contribution is 2.25. The number of hydrogen-bond donors (Lipinski definition) is 3. The van der Waals surface area contributed by atoms with Gasteiger partial charge in [0.25, 0.3) is 0 Å². The standard InChI is InChI=1S/C22H28N4O2.C21H27N5O2.ClH/c1-4-28-14-13-26-20(12-7-16(3)21(23)27)24-19-11-10-18(25-22(19)26)17-8-5-15(2)6-9-17;1-4-28-12-11-26-19(13-23-15(3)20(22)27)24-18-10-9-17(25-21(18)26)16-7-5-14(2)6-8-16;/h5-6,8-11,16H,4,7,12-14H2,1-3H3,(H2,23,27);5-10,15,23H,4,11-13H2,1-3H3,(H2,22,27);1H/t16-;15-;/m10./s1. The van der Waals surface area contributed by atoms with E-state index in [1.54, 1.807) is 6.92 Å². The van der Waals surface area contributed by atoms with Crippen LogP contribution in [-0.2, 0) is 45.1 Å². The first kappa shape index (κ1) is 44.5. The molecular weight excluding hydrogens is 742 g/mol. The van der Waals surface area contributed by atoms with Gasteiger partial charge in [-0.2, -0.15) is 0 Å². The lowest BCUT2D eigenvalue weighted by atomic mass is 10.1. The fraction of sp³-hybridized carbons (Fsp3) is 0.395. The summed E-state index contributed by atoms with van der Waals surface area (Å²) in [5, 5.41) is 3.12. The third-order valence-electron chi connectivity index (χ3n) is 9.64. The van der Waals surface area contributed by atoms with Gasteiger partial charge in [-0.25, -0.2) is 19.9 Å². The molecule has 2 aromatic carbocycles. The zero-order chi connectivity index (χ0) is 40.2. The van der Waals surface area contributed by atoms with Gasteiger partial charge in [-0.15, -0.1) is 12.4 Å². The molecule has 4 aromatic heterocycles. The molecule has 6 rings (SSSR count). The topological polar surface area (TPSA) is 178 Å². The zero-order valence-corrected chi connectivity index (χ0v) is 34.6. The first-order valence-electron chi connectivity index (χ1n) is 19.3. The van der Waals surface area contributed by atoms with Crippen molar-refractivity contribution in [1.29, 1.82) is 0 Å². The zero-order valence-electron chi connectivity index (χ0n) is 33.8. The van der Waals surface area contributed by atoms with Crippen molar-refractivity contribution in [2.75, 3.05) is 26.4 Å². The normalized spacial score (nSPS) is 12.2. The largest absolute Gasteiger partial charge is 0.380 e. The Hall–Kier alpha value is -5.21. The number of fused-ring (bicyclic) bond motifs is 2. The average Bonchev–Trinajstić information content (AvgIpc) is 3.73. The van der Waals surface area contributed by atoms with E-state index in [-0.39, 0.29) is 24.2 Å². The Morgan fingerprint density at radius 1 is 0.667 bits per heavy atom. The van der Waals surface area contributed by atoms with E-state index in [0.29, 0.717) is 58.9 Å². The van der Waals surface area contributed by atoms with Crippen molar-refractivity contribution in [3.05, 3.63) is 95.6 Å². The lowest BCUT2D eigenvalue weighted by Crippen LogP contribution is -2.38. The summed E-state index contributed by atoms with van der Waals surface area (Å²) >= 11 is 0. The van der Waals surface area contributed by atoms with Gasteiger partial charge in [-0.3, -0.25) is 14.9 Å². The molecule has 0 aliphatic rings. The van der Waals surface area contributed by atoms with Crippen LogP contribution in [0.15, 0.2) is 72.8 Å². The minimum atomic E-state index is -0.434. The molecule has 0 fully saturated rings. The summed E-state index contributed by atoms with van der Waals surface area (Å²) < 4.78 is 15.2. The van der Waals surface area contributed by atoms with Crippen molar-refractivity contribution in [1.82, 2.24) is 34.4 Å². The first-order valence-corrected chi connectivity index (χ1v) is 19.3. The predicted octanol–water partition coefficient (Wildman–Crippen LogP) is 6.33. The summed E-state index contributed by atoms with van der Waals surface area (Å²) in [5.41, 5.74) is 20.5. The Morgan fingerprint density at radius 3 is 1.56 bits per heavy atom. The number of primary amides is 2. The lowest BCUT2D eigenvalue weighted by Gasteiger charge is -2.12. The molecule has 304 valence electrons. The molecule has 0 aliphatic carbocycles. The summed E-state index contributed by atoms with van der Waals surface area (Å²) in [7, 11) is 0. The highest BCUT2D eigenvalue weighted by atomic mass is 35.5. The van der Waals surface area contributed by atoms with E-state index in [4.69, 9.17) is 40.9 Å². The second kappa shape index (κ2) is 21.4. The number of halogens is 1. The molecule has 2 amide bonds. The van der Waals surface area contributed by atoms with Crippen molar-refractivity contribution < 1.29 is 19.1 Å². The molecule has 0 bridgehead atoms. The molecule has 0 unspecified atom stereocenters. The summed E-state index contributed by atoms with van der Waals surface area (Å²) in [6.07, 6.45) is 1.34. The van der Waals surface area contributed by atoms with Gasteiger partial charge in [-0.1, -0.05) is 66.6 Å². The van der Waals surface area contributed by atoms with E-state index in [1.807, 2.05) is 49.6 Å². The number of aromatic nitrogens is 6. The Morgan fingerprint density at radius 2 is 1.12 bits per heavy atom. The molecule has 13 nitrogen and oxygen atoms in total. The molecule has 0 radical (unpaired) electrons. The van der Waals surface area contributed by atoms with E-state index < -0.39 is 11.9 Å². The van der Waals surface area contributed by atoms with E-state index in [1.165, 1.54) is 11.1 Å². The fourth-order valence-electron chi connectivity index (χ4n) is 6.10. The number of amides is 2.